The lowest BCUT2D eigenvalue weighted by Gasteiger charge is -2.47. The number of esters is 1. The summed E-state index contributed by atoms with van der Waals surface area (Å²) >= 11 is 0. The van der Waals surface area contributed by atoms with Crippen LogP contribution >= 0.6 is 0 Å². The number of likely N-dealkylation sites (N-methyl/N-ethyl adjacent to an activating group) is 1. The lowest BCUT2D eigenvalue weighted by molar-refractivity contribution is -0.295. The van der Waals surface area contributed by atoms with Crippen molar-refractivity contribution in [2.24, 2.45) is 22.7 Å². The van der Waals surface area contributed by atoms with Crippen molar-refractivity contribution in [3.8, 4) is 0 Å². The molecule has 2 fully saturated rings. The van der Waals surface area contributed by atoms with Gasteiger partial charge < -0.3 is 33.7 Å². The van der Waals surface area contributed by atoms with Crippen molar-refractivity contribution >= 4 is 34.8 Å². The van der Waals surface area contributed by atoms with Crippen LogP contribution in [-0.4, -0.2) is 125 Å². The normalized spacial score (nSPS) is 37.6. The molecule has 1 amide bonds. The zero-order valence-electron chi connectivity index (χ0n) is 35.5. The molecule has 1 aromatic carbocycles. The zero-order valence-corrected chi connectivity index (χ0v) is 35.5. The first kappa shape index (κ1) is 42.9. The van der Waals surface area contributed by atoms with Gasteiger partial charge in [0.2, 0.25) is 0 Å². The molecule has 0 radical (unpaired) electrons. The summed E-state index contributed by atoms with van der Waals surface area (Å²) < 4.78 is 32.9. The maximum absolute atomic E-state index is 14.1. The molecule has 2 saturated heterocycles. The van der Waals surface area contributed by atoms with E-state index in [9.17, 15) is 14.7 Å². The number of hydrogen-bond acceptors (Lipinski definition) is 11. The van der Waals surface area contributed by atoms with Gasteiger partial charge in [0.15, 0.2) is 11.9 Å². The van der Waals surface area contributed by atoms with Crippen LogP contribution in [-0.2, 0) is 28.5 Å². The van der Waals surface area contributed by atoms with E-state index in [1.807, 2.05) is 102 Å². The third kappa shape index (κ3) is 9.00. The summed E-state index contributed by atoms with van der Waals surface area (Å²) in [5.41, 5.74) is 1.14. The highest BCUT2D eigenvalue weighted by Crippen LogP contribution is 2.44. The summed E-state index contributed by atoms with van der Waals surface area (Å²) in [7, 11) is 3.90. The van der Waals surface area contributed by atoms with Crippen LogP contribution in [0, 0.1) is 17.8 Å². The van der Waals surface area contributed by atoms with Crippen molar-refractivity contribution in [1.82, 2.24) is 14.8 Å². The van der Waals surface area contributed by atoms with Crippen molar-refractivity contribution in [2.45, 2.75) is 135 Å². The van der Waals surface area contributed by atoms with E-state index in [2.05, 4.69) is 24.9 Å². The van der Waals surface area contributed by atoms with Gasteiger partial charge in [0.05, 0.1) is 42.5 Å². The van der Waals surface area contributed by atoms with Crippen molar-refractivity contribution in [2.75, 3.05) is 33.8 Å². The molecule has 4 aliphatic rings. The number of aliphatic imine (C=N–C) groups is 1. The van der Waals surface area contributed by atoms with E-state index in [0.717, 1.165) is 28.6 Å². The number of aliphatic hydroxyl groups excluding tert-OH is 1. The third-order valence-electron chi connectivity index (χ3n) is 12.6. The second kappa shape index (κ2) is 17.7. The summed E-state index contributed by atoms with van der Waals surface area (Å²) in [6, 6.07) is 9.52. The molecule has 1 aromatic heterocycles. The molecular weight excluding hydrogens is 725 g/mol. The monoisotopic (exact) mass is 788 g/mol. The van der Waals surface area contributed by atoms with Gasteiger partial charge in [0.25, 0.3) is 0 Å². The number of benzene rings is 1. The van der Waals surface area contributed by atoms with Crippen molar-refractivity contribution in [1.29, 1.82) is 0 Å². The fourth-order valence-corrected chi connectivity index (χ4v) is 9.87. The molecule has 0 spiro atoms. The highest BCUT2D eigenvalue weighted by molar-refractivity contribution is 5.91. The predicted molar refractivity (Wildman–Crippen MR) is 221 cm³/mol. The summed E-state index contributed by atoms with van der Waals surface area (Å²) in [6.45, 7) is 17.1. The number of ether oxygens (including phenoxy) is 5. The first-order chi connectivity index (χ1) is 27.1. The second-order valence-corrected chi connectivity index (χ2v) is 17.4. The van der Waals surface area contributed by atoms with E-state index in [-0.39, 0.29) is 30.6 Å². The standard InChI is InChI=1S/C45H64N4O8/c1-11-15-36-45(8)39-31(6)37(46-19-20-49(39)43(52)57-45)29(4)25-44(7,53-21-14-16-32-24-33-17-12-13-18-34(33)47-26-32)40(27(2)22-28(3)41(51)55-36)56-42-38(50)35(48(9)10)23-30(5)54-42/h12-14,16-18,22,24,26-27,29-31,35-36,38-40,42,50H,11,15,19-21,23,25H2,1-10H3/b16-14+,28-22-/t27-,29+,30-,31-,35+,36+,38?,39+,40+,42+,44-,45+/m0/s1. The van der Waals surface area contributed by atoms with Crippen LogP contribution in [0.25, 0.3) is 17.0 Å². The Morgan fingerprint density at radius 2 is 1.88 bits per heavy atom. The first-order valence-electron chi connectivity index (χ1n) is 20.8. The molecule has 2 bridgehead atoms. The summed E-state index contributed by atoms with van der Waals surface area (Å²) in [6.07, 6.45) is 6.27. The van der Waals surface area contributed by atoms with Crippen LogP contribution in [0.1, 0.15) is 86.6 Å². The van der Waals surface area contributed by atoms with E-state index in [4.69, 9.17) is 28.7 Å². The summed E-state index contributed by atoms with van der Waals surface area (Å²) in [4.78, 5) is 41.2. The highest BCUT2D eigenvalue weighted by Gasteiger charge is 2.60. The van der Waals surface area contributed by atoms with Gasteiger partial charge in [0, 0.05) is 47.3 Å². The molecule has 57 heavy (non-hydrogen) atoms. The van der Waals surface area contributed by atoms with Gasteiger partial charge in [-0.1, -0.05) is 70.5 Å². The van der Waals surface area contributed by atoms with Crippen LogP contribution < -0.4 is 0 Å². The smallest absolute Gasteiger partial charge is 0.410 e. The molecule has 0 aliphatic carbocycles. The minimum absolute atomic E-state index is 0.122. The zero-order chi connectivity index (χ0) is 41.2. The Bertz CT molecular complexity index is 1850. The maximum atomic E-state index is 14.1. The number of pyridine rings is 1. The Labute approximate surface area is 338 Å². The van der Waals surface area contributed by atoms with Crippen LogP contribution in [0.4, 0.5) is 4.79 Å². The molecule has 12 atom stereocenters. The molecule has 1 unspecified atom stereocenters. The Balaban J connectivity index is 1.42. The molecular formula is C45H64N4O8. The van der Waals surface area contributed by atoms with Gasteiger partial charge in [-0.15, -0.1) is 0 Å². The van der Waals surface area contributed by atoms with Gasteiger partial charge >= 0.3 is 12.1 Å². The predicted octanol–water partition coefficient (Wildman–Crippen LogP) is 6.84. The SMILES string of the molecule is CCC[C@H]1OC(=O)/C(C)=C\[C@H](C)[C@@H](O[C@H]2O[C@@H](C)C[C@@H](N(C)C)C2O)[C@@](C)(OC/C=C/c2cnc3ccccc3c2)C[C@@H](C)C2=NCCN3C(=O)O[C@@]1(C)[C@H]3[C@H]2C. The molecule has 2 aromatic rings. The number of carbonyl (C=O) groups is 2. The van der Waals surface area contributed by atoms with E-state index in [1.54, 1.807) is 11.8 Å². The van der Waals surface area contributed by atoms with Crippen LogP contribution in [0.5, 0.6) is 0 Å². The Hall–Kier alpha value is -3.68. The fraction of sp³-hybridized carbons (Fsp3) is 0.644. The number of rotatable bonds is 9. The highest BCUT2D eigenvalue weighted by atomic mass is 16.7. The van der Waals surface area contributed by atoms with Crippen LogP contribution in [0.3, 0.4) is 0 Å². The van der Waals surface area contributed by atoms with Gasteiger partial charge in [-0.05, 0) is 84.7 Å². The minimum atomic E-state index is -1.09. The lowest BCUT2D eigenvalue weighted by Crippen LogP contribution is -2.59. The Kier molecular flexibility index (Phi) is 13.3. The molecule has 4 aliphatic heterocycles. The number of hydrogen-bond donors (Lipinski definition) is 1. The van der Waals surface area contributed by atoms with E-state index < -0.39 is 59.8 Å². The molecule has 312 valence electrons. The maximum Gasteiger partial charge on any atom is 0.410 e. The third-order valence-corrected chi connectivity index (χ3v) is 12.6. The first-order valence-corrected chi connectivity index (χ1v) is 20.8. The van der Waals surface area contributed by atoms with E-state index in [0.29, 0.717) is 37.9 Å². The Morgan fingerprint density at radius 1 is 1.12 bits per heavy atom. The second-order valence-electron chi connectivity index (χ2n) is 17.4. The summed E-state index contributed by atoms with van der Waals surface area (Å²) in [5.74, 6) is -1.23. The van der Waals surface area contributed by atoms with Crippen LogP contribution in [0.15, 0.2) is 59.2 Å². The molecule has 0 saturated carbocycles. The fourth-order valence-electron chi connectivity index (χ4n) is 9.87. The topological polar surface area (TPSA) is 132 Å². The van der Waals surface area contributed by atoms with Gasteiger partial charge in [-0.25, -0.2) is 9.59 Å². The van der Waals surface area contributed by atoms with Gasteiger partial charge in [-0.2, -0.15) is 0 Å². The lowest BCUT2D eigenvalue weighted by atomic mass is 9.73. The number of carbonyl (C=O) groups excluding carboxylic acids is 2. The van der Waals surface area contributed by atoms with Crippen molar-refractivity contribution in [3.63, 3.8) is 0 Å². The van der Waals surface area contributed by atoms with E-state index in [1.165, 1.54) is 0 Å². The van der Waals surface area contributed by atoms with Crippen molar-refractivity contribution in [3.05, 3.63) is 59.8 Å². The quantitative estimate of drug-likeness (QED) is 0.270. The number of para-hydroxylation sites is 1. The average molecular weight is 789 g/mol. The van der Waals surface area contributed by atoms with Gasteiger partial charge in [0.1, 0.15) is 12.2 Å². The average Bonchev–Trinajstić information content (AvgIpc) is 3.29. The number of aromatic nitrogens is 1. The summed E-state index contributed by atoms with van der Waals surface area (Å²) in [5, 5.41) is 12.8. The van der Waals surface area contributed by atoms with Crippen molar-refractivity contribution < 1.29 is 38.4 Å². The van der Waals surface area contributed by atoms with Crippen LogP contribution in [0.2, 0.25) is 0 Å². The number of amides is 1. The molecule has 5 heterocycles. The molecule has 6 rings (SSSR count). The molecule has 12 nitrogen and oxygen atoms in total. The number of nitrogens with zero attached hydrogens (tertiary/aromatic N) is 4. The molecule has 1 N–H and O–H groups in total. The van der Waals surface area contributed by atoms with E-state index >= 15 is 0 Å². The number of cyclic esters (lactones) is 1. The minimum Gasteiger partial charge on any atom is -0.455 e. The molecule has 12 heteroatoms. The Morgan fingerprint density at radius 3 is 2.61 bits per heavy atom. The number of fused-ring (bicyclic) bond motifs is 2. The number of aliphatic hydroxyl groups is 1. The van der Waals surface area contributed by atoms with Gasteiger partial charge in [-0.3, -0.25) is 14.9 Å². The largest absolute Gasteiger partial charge is 0.455 e.